The number of hydrogen-bond acceptors (Lipinski definition) is 8. The zero-order chi connectivity index (χ0) is 23.4. The van der Waals surface area contributed by atoms with Crippen LogP contribution in [0.2, 0.25) is 5.02 Å². The molecule has 5 heterocycles. The van der Waals surface area contributed by atoms with Gasteiger partial charge in [0.2, 0.25) is 5.95 Å². The van der Waals surface area contributed by atoms with Crippen LogP contribution in [0.3, 0.4) is 0 Å². The van der Waals surface area contributed by atoms with Crippen LogP contribution in [0.4, 0.5) is 11.8 Å². The Kier molecular flexibility index (Phi) is 4.66. The van der Waals surface area contributed by atoms with Crippen LogP contribution in [0.1, 0.15) is 31.5 Å². The zero-order valence-corrected chi connectivity index (χ0v) is 19.4. The van der Waals surface area contributed by atoms with E-state index in [9.17, 15) is 0 Å². The lowest BCUT2D eigenvalue weighted by atomic mass is 9.73. The van der Waals surface area contributed by atoms with Gasteiger partial charge in [0.25, 0.3) is 0 Å². The van der Waals surface area contributed by atoms with Gasteiger partial charge in [-0.3, -0.25) is 9.38 Å². The highest BCUT2D eigenvalue weighted by Crippen LogP contribution is 2.50. The molecular formula is C23H23ClN8S. The molecule has 4 aromatic heterocycles. The van der Waals surface area contributed by atoms with Gasteiger partial charge in [0, 0.05) is 60.7 Å². The molecule has 1 saturated heterocycles. The van der Waals surface area contributed by atoms with E-state index < -0.39 is 0 Å². The Bertz CT molecular complexity index is 1400. The molecule has 1 aliphatic carbocycles. The molecule has 0 bridgehead atoms. The highest BCUT2D eigenvalue weighted by Gasteiger charge is 2.46. The molecule has 6 rings (SSSR count). The van der Waals surface area contributed by atoms with Crippen molar-refractivity contribution in [2.75, 3.05) is 23.7 Å². The molecule has 10 heteroatoms. The van der Waals surface area contributed by atoms with Crippen molar-refractivity contribution in [3.05, 3.63) is 65.4 Å². The molecule has 0 radical (unpaired) electrons. The molecule has 1 spiro atoms. The predicted octanol–water partition coefficient (Wildman–Crippen LogP) is 3.75. The SMILES string of the molecule is [2H]c1ccnc2c1C(N)C1(CCN(c3ncc(Sc4ccnc(N)c4Cl)c4nccn34)CC1)C2. The first kappa shape index (κ1) is 19.6. The van der Waals surface area contributed by atoms with Gasteiger partial charge in [0.05, 0.1) is 11.3 Å². The van der Waals surface area contributed by atoms with E-state index in [0.717, 1.165) is 65.0 Å². The number of hydrogen-bond donors (Lipinski definition) is 2. The standard InChI is InChI=1S/C23H23ClN8S/c24-18-16(3-7-28-20(18)26)33-17-13-30-22(32-11-8-29-21(17)32)31-9-4-23(5-10-31)12-15-14(19(23)25)2-1-6-27-15/h1-3,6-8,11,13,19H,4-5,9-10,12,25H2,(H2,26,28)/i2D. The highest BCUT2D eigenvalue weighted by molar-refractivity contribution is 7.99. The number of fused-ring (bicyclic) bond motifs is 2. The van der Waals surface area contributed by atoms with Gasteiger partial charge in [0.15, 0.2) is 5.65 Å². The number of imidazole rings is 1. The summed E-state index contributed by atoms with van der Waals surface area (Å²) in [6, 6.07) is 3.92. The predicted molar refractivity (Wildman–Crippen MR) is 130 cm³/mol. The minimum Gasteiger partial charge on any atom is -0.382 e. The molecule has 0 aromatic carbocycles. The third kappa shape index (κ3) is 3.34. The lowest BCUT2D eigenvalue weighted by Crippen LogP contribution is -2.45. The number of piperidine rings is 1. The van der Waals surface area contributed by atoms with E-state index in [1.54, 1.807) is 24.7 Å². The van der Waals surface area contributed by atoms with E-state index in [-0.39, 0.29) is 11.5 Å². The summed E-state index contributed by atoms with van der Waals surface area (Å²) in [4.78, 5) is 21.9. The molecule has 0 saturated carbocycles. The topological polar surface area (TPSA) is 111 Å². The first-order valence-electron chi connectivity index (χ1n) is 11.3. The Labute approximate surface area is 201 Å². The summed E-state index contributed by atoms with van der Waals surface area (Å²) < 4.78 is 10.3. The van der Waals surface area contributed by atoms with Crippen molar-refractivity contribution in [2.45, 2.75) is 35.1 Å². The van der Waals surface area contributed by atoms with Crippen molar-refractivity contribution in [3.8, 4) is 0 Å². The molecule has 4 aromatic rings. The van der Waals surface area contributed by atoms with Gasteiger partial charge in [-0.2, -0.15) is 0 Å². The van der Waals surface area contributed by atoms with E-state index in [0.29, 0.717) is 16.9 Å². The molecule has 33 heavy (non-hydrogen) atoms. The van der Waals surface area contributed by atoms with Gasteiger partial charge < -0.3 is 16.4 Å². The fraction of sp³-hybridized carbons (Fsp3) is 0.304. The quantitative estimate of drug-likeness (QED) is 0.457. The van der Waals surface area contributed by atoms with E-state index in [1.165, 1.54) is 11.8 Å². The molecular weight excluding hydrogens is 456 g/mol. The van der Waals surface area contributed by atoms with E-state index in [2.05, 4.69) is 19.9 Å². The average molecular weight is 480 g/mol. The molecule has 1 atom stereocenters. The Morgan fingerprint density at radius 3 is 2.79 bits per heavy atom. The molecule has 168 valence electrons. The van der Waals surface area contributed by atoms with Crippen LogP contribution < -0.4 is 16.4 Å². The smallest absolute Gasteiger partial charge is 0.211 e. The third-order valence-corrected chi connectivity index (χ3v) is 8.44. The second kappa shape index (κ2) is 7.86. The highest BCUT2D eigenvalue weighted by atomic mass is 35.5. The molecule has 4 N–H and O–H groups in total. The molecule has 0 amide bonds. The van der Waals surface area contributed by atoms with E-state index in [4.69, 9.17) is 29.4 Å². The minimum atomic E-state index is -0.150. The van der Waals surface area contributed by atoms with Crippen LogP contribution in [0, 0.1) is 5.41 Å². The number of pyridine rings is 2. The maximum Gasteiger partial charge on any atom is 0.211 e. The molecule has 1 fully saturated rings. The van der Waals surface area contributed by atoms with Crippen LogP contribution >= 0.6 is 23.4 Å². The Morgan fingerprint density at radius 1 is 1.12 bits per heavy atom. The van der Waals surface area contributed by atoms with Crippen LogP contribution in [0.5, 0.6) is 0 Å². The van der Waals surface area contributed by atoms with E-state index in [1.807, 2.05) is 22.9 Å². The normalized spacial score (nSPS) is 19.8. The van der Waals surface area contributed by atoms with Crippen molar-refractivity contribution in [1.82, 2.24) is 24.3 Å². The lowest BCUT2D eigenvalue weighted by Gasteiger charge is -2.42. The fourth-order valence-corrected chi connectivity index (χ4v) is 6.17. The monoisotopic (exact) mass is 479 g/mol. The van der Waals surface area contributed by atoms with Crippen molar-refractivity contribution in [1.29, 1.82) is 0 Å². The summed E-state index contributed by atoms with van der Waals surface area (Å²) >= 11 is 7.82. The molecule has 1 unspecified atom stereocenters. The van der Waals surface area contributed by atoms with Crippen LogP contribution in [-0.2, 0) is 6.42 Å². The number of nitrogens with two attached hydrogens (primary N) is 2. The van der Waals surface area contributed by atoms with Gasteiger partial charge in [0.1, 0.15) is 5.82 Å². The van der Waals surface area contributed by atoms with Crippen LogP contribution in [-0.4, -0.2) is 37.4 Å². The number of halogens is 1. The first-order chi connectivity index (χ1) is 16.5. The van der Waals surface area contributed by atoms with Crippen molar-refractivity contribution in [3.63, 3.8) is 0 Å². The van der Waals surface area contributed by atoms with E-state index >= 15 is 0 Å². The molecule has 2 aliphatic rings. The largest absolute Gasteiger partial charge is 0.382 e. The summed E-state index contributed by atoms with van der Waals surface area (Å²) in [5.41, 5.74) is 15.2. The van der Waals surface area contributed by atoms with Crippen LogP contribution in [0.25, 0.3) is 5.65 Å². The number of nitrogens with zero attached hydrogens (tertiary/aromatic N) is 6. The van der Waals surface area contributed by atoms with Crippen LogP contribution in [0.15, 0.2) is 59.0 Å². The lowest BCUT2D eigenvalue weighted by molar-refractivity contribution is 0.186. The molecule has 1 aliphatic heterocycles. The number of anilines is 2. The van der Waals surface area contributed by atoms with Crippen molar-refractivity contribution < 1.29 is 1.37 Å². The molecule has 8 nitrogen and oxygen atoms in total. The fourth-order valence-electron chi connectivity index (χ4n) is 5.03. The van der Waals surface area contributed by atoms with Gasteiger partial charge in [-0.25, -0.2) is 15.0 Å². The number of aromatic nitrogens is 5. The van der Waals surface area contributed by atoms with Gasteiger partial charge in [-0.05, 0) is 42.4 Å². The Hall–Kier alpha value is -2.88. The minimum absolute atomic E-state index is 0.0507. The summed E-state index contributed by atoms with van der Waals surface area (Å²) in [6.07, 6.45) is 11.6. The average Bonchev–Trinajstić information content (AvgIpc) is 3.43. The van der Waals surface area contributed by atoms with Gasteiger partial charge in [-0.15, -0.1) is 0 Å². The number of nitrogen functional groups attached to an aromatic ring is 1. The summed E-state index contributed by atoms with van der Waals surface area (Å²) in [5, 5.41) is 0.432. The Balaban J connectivity index is 1.25. The first-order valence-corrected chi connectivity index (χ1v) is 12.0. The second-order valence-corrected chi connectivity index (χ2v) is 10.1. The van der Waals surface area contributed by atoms with Crippen molar-refractivity contribution >= 4 is 40.8 Å². The van der Waals surface area contributed by atoms with Gasteiger partial charge in [-0.1, -0.05) is 29.4 Å². The summed E-state index contributed by atoms with van der Waals surface area (Å²) in [7, 11) is 0. The summed E-state index contributed by atoms with van der Waals surface area (Å²) in [5.74, 6) is 1.16. The maximum atomic E-state index is 8.28. The summed E-state index contributed by atoms with van der Waals surface area (Å²) in [6.45, 7) is 1.66. The second-order valence-electron chi connectivity index (χ2n) is 8.61. The zero-order valence-electron chi connectivity index (χ0n) is 18.8. The van der Waals surface area contributed by atoms with Crippen molar-refractivity contribution in [2.24, 2.45) is 11.1 Å². The Morgan fingerprint density at radius 2 is 1.97 bits per heavy atom. The maximum absolute atomic E-state index is 8.28. The number of rotatable bonds is 3. The third-order valence-electron chi connectivity index (χ3n) is 6.86. The van der Waals surface area contributed by atoms with Gasteiger partial charge >= 0.3 is 0 Å².